The smallest absolute Gasteiger partial charge is 0.250 e. The van der Waals surface area contributed by atoms with Crippen molar-refractivity contribution in [3.8, 4) is 11.8 Å². The second-order valence-corrected chi connectivity index (χ2v) is 8.98. The summed E-state index contributed by atoms with van der Waals surface area (Å²) < 4.78 is 28.0. The van der Waals surface area contributed by atoms with Crippen LogP contribution in [0.5, 0.6) is 0 Å². The maximum Gasteiger partial charge on any atom is 0.250 e. The van der Waals surface area contributed by atoms with Crippen LogP contribution in [0.4, 0.5) is 8.78 Å². The molecule has 0 bridgehead atoms. The first kappa shape index (κ1) is 18.1. The minimum atomic E-state index is -2.65. The molecule has 6 heteroatoms. The first-order chi connectivity index (χ1) is 13.3. The topological polar surface area (TPSA) is 58.4 Å². The number of nitrogens with one attached hydrogen (secondary N) is 1. The van der Waals surface area contributed by atoms with E-state index in [1.54, 1.807) is 7.05 Å². The summed E-state index contributed by atoms with van der Waals surface area (Å²) in [7, 11) is 1.68. The predicted octanol–water partition coefficient (Wildman–Crippen LogP) is 2.70. The predicted molar refractivity (Wildman–Crippen MR) is 101 cm³/mol. The summed E-state index contributed by atoms with van der Waals surface area (Å²) in [4.78, 5) is 15.0. The third-order valence-corrected chi connectivity index (χ3v) is 7.20. The highest BCUT2D eigenvalue weighted by atomic mass is 19.3. The number of halogens is 2. The lowest BCUT2D eigenvalue weighted by molar-refractivity contribution is -0.142. The van der Waals surface area contributed by atoms with E-state index in [0.29, 0.717) is 25.2 Å². The molecule has 4 aliphatic rings. The van der Waals surface area contributed by atoms with Gasteiger partial charge in [0, 0.05) is 36.8 Å². The second kappa shape index (κ2) is 5.77. The van der Waals surface area contributed by atoms with Gasteiger partial charge in [0.05, 0.1) is 0 Å². The van der Waals surface area contributed by atoms with Gasteiger partial charge in [-0.1, -0.05) is 17.9 Å². The van der Waals surface area contributed by atoms with Crippen LogP contribution in [0.15, 0.2) is 18.2 Å². The van der Waals surface area contributed by atoms with Crippen LogP contribution in [0, 0.1) is 23.2 Å². The van der Waals surface area contributed by atoms with Crippen molar-refractivity contribution < 1.29 is 13.6 Å². The summed E-state index contributed by atoms with van der Waals surface area (Å²) in [5.74, 6) is 4.21. The zero-order chi connectivity index (χ0) is 19.7. The Morgan fingerprint density at radius 2 is 1.93 bits per heavy atom. The molecule has 1 aliphatic heterocycles. The van der Waals surface area contributed by atoms with Gasteiger partial charge in [-0.2, -0.15) is 0 Å². The molecular weight excluding hydrogens is 360 g/mol. The number of benzene rings is 1. The van der Waals surface area contributed by atoms with Crippen molar-refractivity contribution in [1.82, 2.24) is 10.2 Å². The van der Waals surface area contributed by atoms with E-state index in [0.717, 1.165) is 29.5 Å². The number of likely N-dealkylation sites (N-methyl/N-ethyl adjacent to an activating group) is 1. The van der Waals surface area contributed by atoms with Gasteiger partial charge in [-0.15, -0.1) is 0 Å². The molecule has 1 saturated heterocycles. The number of hydrogen-bond donors (Lipinski definition) is 2. The molecule has 28 heavy (non-hydrogen) atoms. The molecule has 4 nitrogen and oxygen atoms in total. The molecule has 5 rings (SSSR count). The van der Waals surface area contributed by atoms with E-state index >= 15 is 0 Å². The minimum absolute atomic E-state index is 0.115. The van der Waals surface area contributed by atoms with Crippen LogP contribution < -0.4 is 11.1 Å². The summed E-state index contributed by atoms with van der Waals surface area (Å²) in [5, 5.41) is 3.34. The first-order valence-electron chi connectivity index (χ1n) is 10.1. The van der Waals surface area contributed by atoms with Gasteiger partial charge in [0.15, 0.2) is 0 Å². The lowest BCUT2D eigenvalue weighted by atomic mass is 9.61. The van der Waals surface area contributed by atoms with Crippen LogP contribution in [-0.2, 0) is 16.8 Å². The summed E-state index contributed by atoms with van der Waals surface area (Å²) in [6.07, 6.45) is 2.52. The SMILES string of the molecule is CN1C(=O)C2(NC1N)c1cc(C#CC3CC3)ccc1CC21CCC(F)(F)CC1. The van der Waals surface area contributed by atoms with E-state index in [1.165, 1.54) is 4.90 Å². The fourth-order valence-corrected chi connectivity index (χ4v) is 5.34. The minimum Gasteiger partial charge on any atom is -0.316 e. The van der Waals surface area contributed by atoms with Crippen LogP contribution in [0.2, 0.25) is 0 Å². The monoisotopic (exact) mass is 385 g/mol. The van der Waals surface area contributed by atoms with Crippen molar-refractivity contribution in [2.24, 2.45) is 17.1 Å². The lowest BCUT2D eigenvalue weighted by Gasteiger charge is -2.46. The third-order valence-electron chi connectivity index (χ3n) is 7.20. The third kappa shape index (κ3) is 2.46. The molecule has 0 radical (unpaired) electrons. The highest BCUT2D eigenvalue weighted by Crippen LogP contribution is 2.61. The van der Waals surface area contributed by atoms with Crippen molar-refractivity contribution in [2.75, 3.05) is 7.05 Å². The fourth-order valence-electron chi connectivity index (χ4n) is 5.34. The van der Waals surface area contributed by atoms with Crippen molar-refractivity contribution in [3.05, 3.63) is 34.9 Å². The standard InChI is InChI=1S/C22H25F2N3O/c1-27-18(28)22(26-19(27)25)17-12-15(5-4-14-2-3-14)6-7-16(17)13-20(22)8-10-21(23,24)11-9-20/h6-7,12,14,19,26H,2-3,8-11,13,25H2,1H3. The van der Waals surface area contributed by atoms with Gasteiger partial charge < -0.3 is 4.90 Å². The molecule has 148 valence electrons. The van der Waals surface area contributed by atoms with E-state index < -0.39 is 23.2 Å². The van der Waals surface area contributed by atoms with Crippen molar-refractivity contribution in [2.45, 2.75) is 62.7 Å². The molecule has 1 amide bonds. The van der Waals surface area contributed by atoms with Gasteiger partial charge in [-0.3, -0.25) is 15.8 Å². The van der Waals surface area contributed by atoms with E-state index in [2.05, 4.69) is 17.2 Å². The summed E-state index contributed by atoms with van der Waals surface area (Å²) in [5.41, 5.74) is 7.38. The molecule has 2 atom stereocenters. The Morgan fingerprint density at radius 3 is 2.54 bits per heavy atom. The average molecular weight is 385 g/mol. The number of hydrogen-bond acceptors (Lipinski definition) is 3. The number of amides is 1. The fraction of sp³-hybridized carbons (Fsp3) is 0.591. The number of nitrogens with two attached hydrogens (primary N) is 1. The van der Waals surface area contributed by atoms with Crippen molar-refractivity contribution >= 4 is 5.91 Å². The molecule has 3 aliphatic carbocycles. The van der Waals surface area contributed by atoms with Crippen LogP contribution in [0.1, 0.15) is 55.2 Å². The molecule has 1 aromatic carbocycles. The Kier molecular flexibility index (Phi) is 3.73. The van der Waals surface area contributed by atoms with E-state index in [4.69, 9.17) is 5.73 Å². The van der Waals surface area contributed by atoms with Gasteiger partial charge in [-0.05, 0) is 55.4 Å². The van der Waals surface area contributed by atoms with Crippen molar-refractivity contribution in [3.63, 3.8) is 0 Å². The Hall–Kier alpha value is -1.97. The molecule has 0 aromatic heterocycles. The molecular formula is C22H25F2N3O. The van der Waals surface area contributed by atoms with E-state index in [-0.39, 0.29) is 18.7 Å². The van der Waals surface area contributed by atoms with Gasteiger partial charge in [0.25, 0.3) is 0 Å². The summed E-state index contributed by atoms with van der Waals surface area (Å²) in [6.45, 7) is 0. The maximum absolute atomic E-state index is 14.0. The molecule has 2 spiro atoms. The van der Waals surface area contributed by atoms with Crippen molar-refractivity contribution in [1.29, 1.82) is 0 Å². The Morgan fingerprint density at radius 1 is 1.21 bits per heavy atom. The Labute approximate surface area is 163 Å². The Bertz CT molecular complexity index is 904. The van der Waals surface area contributed by atoms with Crippen LogP contribution in [0.25, 0.3) is 0 Å². The van der Waals surface area contributed by atoms with Crippen LogP contribution >= 0.6 is 0 Å². The second-order valence-electron chi connectivity index (χ2n) is 8.98. The largest absolute Gasteiger partial charge is 0.316 e. The number of rotatable bonds is 0. The molecule has 3 N–H and O–H groups in total. The molecule has 2 unspecified atom stereocenters. The van der Waals surface area contributed by atoms with Crippen LogP contribution in [-0.4, -0.2) is 30.1 Å². The zero-order valence-electron chi connectivity index (χ0n) is 16.0. The quantitative estimate of drug-likeness (QED) is 0.675. The number of carbonyl (C=O) groups is 1. The highest BCUT2D eigenvalue weighted by Gasteiger charge is 2.67. The lowest BCUT2D eigenvalue weighted by Crippen LogP contribution is -2.58. The number of fused-ring (bicyclic) bond motifs is 3. The highest BCUT2D eigenvalue weighted by molar-refractivity contribution is 5.92. The summed E-state index contributed by atoms with van der Waals surface area (Å²) >= 11 is 0. The number of carbonyl (C=O) groups excluding carboxylic acids is 1. The average Bonchev–Trinajstić information content (AvgIpc) is 3.42. The molecule has 3 fully saturated rings. The molecule has 1 aromatic rings. The normalized spacial score (nSPS) is 32.5. The number of nitrogens with zero attached hydrogens (tertiary/aromatic N) is 1. The first-order valence-corrected chi connectivity index (χ1v) is 10.1. The Balaban J connectivity index is 1.62. The van der Waals surface area contributed by atoms with E-state index in [9.17, 15) is 13.6 Å². The van der Waals surface area contributed by atoms with Gasteiger partial charge in [-0.25, -0.2) is 8.78 Å². The van der Waals surface area contributed by atoms with Gasteiger partial charge in [0.2, 0.25) is 11.8 Å². The summed E-state index contributed by atoms with van der Waals surface area (Å²) in [6, 6.07) is 6.00. The van der Waals surface area contributed by atoms with Gasteiger partial charge >= 0.3 is 0 Å². The molecule has 2 saturated carbocycles. The van der Waals surface area contributed by atoms with E-state index in [1.807, 2.05) is 18.2 Å². The maximum atomic E-state index is 14.0. The number of alkyl halides is 2. The zero-order valence-corrected chi connectivity index (χ0v) is 16.0. The van der Waals surface area contributed by atoms with Crippen LogP contribution in [0.3, 0.4) is 0 Å². The molecule has 1 heterocycles. The van der Waals surface area contributed by atoms with Gasteiger partial charge in [0.1, 0.15) is 11.8 Å².